The molecule has 328 valence electrons. The van der Waals surface area contributed by atoms with Crippen molar-refractivity contribution in [3.63, 3.8) is 0 Å². The Balaban J connectivity index is 0.00000293. The van der Waals surface area contributed by atoms with Gasteiger partial charge in [0.2, 0.25) is 5.91 Å². The number of thiol groups is 1. The predicted octanol–water partition coefficient (Wildman–Crippen LogP) is 9.50. The molecule has 2 amide bonds. The first-order valence-corrected chi connectivity index (χ1v) is 21.9. The molecule has 3 heterocycles. The third kappa shape index (κ3) is 9.94. The van der Waals surface area contributed by atoms with Crippen LogP contribution in [0.3, 0.4) is 0 Å². The molecule has 2 unspecified atom stereocenters. The fraction of sp³-hybridized carbons (Fsp3) is 0.320. The molecule has 5 aromatic carbocycles. The lowest BCUT2D eigenvalue weighted by atomic mass is 10.1. The van der Waals surface area contributed by atoms with Crippen LogP contribution in [-0.2, 0) is 30.8 Å². The van der Waals surface area contributed by atoms with Crippen LogP contribution < -0.4 is 39.4 Å². The topological polar surface area (TPSA) is 131 Å². The smallest absolute Gasteiger partial charge is 0.261 e. The zero-order chi connectivity index (χ0) is 44.6. The normalized spacial score (nSPS) is 16.0. The zero-order valence-corrected chi connectivity index (χ0v) is 37.5. The van der Waals surface area contributed by atoms with E-state index in [0.717, 1.165) is 35.1 Å². The van der Waals surface area contributed by atoms with Gasteiger partial charge in [0, 0.05) is 73.1 Å². The lowest BCUT2D eigenvalue weighted by Crippen LogP contribution is -2.37. The van der Waals surface area contributed by atoms with Gasteiger partial charge in [-0.15, -0.1) is 0 Å². The maximum Gasteiger partial charge on any atom is 0.261 e. The number of para-hydroxylation sites is 2. The summed E-state index contributed by atoms with van der Waals surface area (Å²) in [6.07, 6.45) is 5.14. The van der Waals surface area contributed by atoms with Crippen molar-refractivity contribution >= 4 is 65.4 Å². The molecule has 63 heavy (non-hydrogen) atoms. The van der Waals surface area contributed by atoms with Crippen LogP contribution in [0.2, 0.25) is 0 Å². The summed E-state index contributed by atoms with van der Waals surface area (Å²) in [5.41, 5.74) is 8.57. The lowest BCUT2D eigenvalue weighted by molar-refractivity contribution is -0.116. The molecule has 0 bridgehead atoms. The number of ether oxygens (including phenoxy) is 4. The number of aliphatic imine (C=N–C) groups is 1. The number of carbonyl (C=O) groups excluding carboxylic acids is 3. The largest absolute Gasteiger partial charge is 0.493 e. The predicted molar refractivity (Wildman–Crippen MR) is 254 cm³/mol. The van der Waals surface area contributed by atoms with Crippen LogP contribution in [-0.4, -0.2) is 69.5 Å². The number of nitrogens with zero attached hydrogens (tertiary/aromatic N) is 3. The molecule has 0 saturated carbocycles. The van der Waals surface area contributed by atoms with Crippen molar-refractivity contribution < 1.29 is 33.3 Å². The number of likely N-dealkylation sites (N-methyl/N-ethyl adjacent to an activating group) is 1. The highest BCUT2D eigenvalue weighted by molar-refractivity contribution is 7.80. The van der Waals surface area contributed by atoms with Gasteiger partial charge >= 0.3 is 0 Å². The van der Waals surface area contributed by atoms with Crippen molar-refractivity contribution in [3.8, 4) is 23.0 Å². The fourth-order valence-electron chi connectivity index (χ4n) is 8.23. The van der Waals surface area contributed by atoms with Crippen molar-refractivity contribution in [2.45, 2.75) is 77.0 Å². The number of benzene rings is 5. The van der Waals surface area contributed by atoms with E-state index < -0.39 is 0 Å². The van der Waals surface area contributed by atoms with Crippen LogP contribution in [0.25, 0.3) is 0 Å². The van der Waals surface area contributed by atoms with Crippen LogP contribution in [0.4, 0.5) is 28.4 Å². The number of fused-ring (bicyclic) bond motifs is 5. The summed E-state index contributed by atoms with van der Waals surface area (Å²) in [4.78, 5) is 48.0. The Kier molecular flexibility index (Phi) is 14.3. The number of carbonyl (C=O) groups is 3. The fourth-order valence-corrected chi connectivity index (χ4v) is 8.36. The van der Waals surface area contributed by atoms with Crippen LogP contribution in [0.5, 0.6) is 23.0 Å². The van der Waals surface area contributed by atoms with Gasteiger partial charge in [0.1, 0.15) is 13.2 Å². The average Bonchev–Trinajstić information content (AvgIpc) is 3.80. The van der Waals surface area contributed by atoms with E-state index in [1.807, 2.05) is 75.5 Å². The number of anilines is 4. The number of hydrogen-bond acceptors (Lipinski definition) is 11. The Hall–Kier alpha value is -6.47. The number of amides is 2. The van der Waals surface area contributed by atoms with Gasteiger partial charge < -0.3 is 34.5 Å². The molecule has 13 heteroatoms. The number of aldehydes is 1. The van der Waals surface area contributed by atoms with Crippen molar-refractivity contribution in [3.05, 3.63) is 124 Å². The molecule has 2 N–H and O–H groups in total. The quantitative estimate of drug-likeness (QED) is 0.0656. The van der Waals surface area contributed by atoms with Crippen molar-refractivity contribution in [2.24, 2.45) is 4.99 Å². The maximum absolute atomic E-state index is 13.9. The molecule has 0 aromatic heterocycles. The van der Waals surface area contributed by atoms with Gasteiger partial charge in [-0.05, 0) is 82.8 Å². The van der Waals surface area contributed by atoms with E-state index >= 15 is 0 Å². The Morgan fingerprint density at radius 1 is 0.857 bits per heavy atom. The second-order valence-electron chi connectivity index (χ2n) is 15.6. The molecule has 12 nitrogen and oxygen atoms in total. The Morgan fingerprint density at radius 2 is 1.49 bits per heavy atom. The third-order valence-electron chi connectivity index (χ3n) is 11.4. The number of nitrogens with one attached hydrogen (secondary N) is 2. The van der Waals surface area contributed by atoms with E-state index in [4.69, 9.17) is 23.9 Å². The Labute approximate surface area is 375 Å². The first-order chi connectivity index (χ1) is 30.6. The first kappa shape index (κ1) is 44.6. The molecule has 0 fully saturated rings. The van der Waals surface area contributed by atoms with Gasteiger partial charge in [-0.2, -0.15) is 12.6 Å². The van der Waals surface area contributed by atoms with Gasteiger partial charge in [0.05, 0.1) is 37.6 Å². The maximum atomic E-state index is 13.9. The number of rotatable bonds is 16. The van der Waals surface area contributed by atoms with Crippen LogP contribution in [0.1, 0.15) is 76.6 Å². The highest BCUT2D eigenvalue weighted by atomic mass is 32.1. The average molecular weight is 870 g/mol. The minimum absolute atomic E-state index is 0.0768. The summed E-state index contributed by atoms with van der Waals surface area (Å²) in [6, 6.07) is 28.8. The lowest BCUT2D eigenvalue weighted by Gasteiger charge is -2.24. The Bertz CT molecular complexity index is 2510. The zero-order valence-electron chi connectivity index (χ0n) is 36.6. The molecule has 3 aliphatic heterocycles. The summed E-state index contributed by atoms with van der Waals surface area (Å²) in [5.74, 6) is 1.37. The van der Waals surface area contributed by atoms with E-state index in [2.05, 4.69) is 53.4 Å². The molecule has 0 aliphatic carbocycles. The third-order valence-corrected chi connectivity index (χ3v) is 11.7. The van der Waals surface area contributed by atoms with E-state index in [1.165, 1.54) is 25.5 Å². The summed E-state index contributed by atoms with van der Waals surface area (Å²) in [5, 5.41) is 6.59. The number of hydrogen-bond donors (Lipinski definition) is 3. The van der Waals surface area contributed by atoms with Gasteiger partial charge in [0.25, 0.3) is 5.91 Å². The van der Waals surface area contributed by atoms with E-state index in [1.54, 1.807) is 29.2 Å². The van der Waals surface area contributed by atoms with Gasteiger partial charge in [-0.3, -0.25) is 24.3 Å². The standard InChI is InChI=1S/C48H49N5O7S.C2H6/c1-29(61)13-14-47(55)51-35-16-30(27-59-45-22-39(34(26-54)20-43(45)57-3)49-24-36-18-32-9-5-7-11-41(32)52(36)2)15-31(17-35)28-60-46-23-40-38(21-44(46)58-4)48(56)53-37(25-50-40)19-33-10-6-8-12-42(33)53;1-2/h5-12,15-17,20-23,25-26,29,36-37,49,61H,13-14,18-19,24,27-28H2,1-4H3,(H,51,55);1-2H3/t29?,36?,37-;/m0./s1. The SMILES string of the molecule is CC.COc1cc2c(cc1OCc1cc(COc3cc(NCC4Cc5ccccc5N4C)c(C=O)cc3OC)cc(NC(=O)CCC(C)S)c1)N=C[C@@H]1Cc3ccccc3N1C2=O. The summed E-state index contributed by atoms with van der Waals surface area (Å²) < 4.78 is 24.2. The minimum atomic E-state index is -0.189. The van der Waals surface area contributed by atoms with Crippen LogP contribution in [0, 0.1) is 0 Å². The van der Waals surface area contributed by atoms with Crippen molar-refractivity contribution in [2.75, 3.05) is 48.2 Å². The van der Waals surface area contributed by atoms with E-state index in [-0.39, 0.29) is 42.4 Å². The summed E-state index contributed by atoms with van der Waals surface area (Å²) in [7, 11) is 5.15. The summed E-state index contributed by atoms with van der Waals surface area (Å²) in [6.45, 7) is 6.78. The van der Waals surface area contributed by atoms with Gasteiger partial charge in [-0.1, -0.05) is 57.2 Å². The highest BCUT2D eigenvalue weighted by Gasteiger charge is 2.36. The molecule has 0 saturated heterocycles. The van der Waals surface area contributed by atoms with Crippen molar-refractivity contribution in [1.29, 1.82) is 0 Å². The van der Waals surface area contributed by atoms with Gasteiger partial charge in [0.15, 0.2) is 29.3 Å². The van der Waals surface area contributed by atoms with E-state index in [9.17, 15) is 14.4 Å². The van der Waals surface area contributed by atoms with E-state index in [0.29, 0.717) is 77.0 Å². The number of methoxy groups -OCH3 is 2. The van der Waals surface area contributed by atoms with Crippen molar-refractivity contribution in [1.82, 2.24) is 0 Å². The molecule has 3 atom stereocenters. The van der Waals surface area contributed by atoms with Crippen LogP contribution in [0.15, 0.2) is 96.0 Å². The second kappa shape index (κ2) is 20.1. The molecular weight excluding hydrogens is 815 g/mol. The monoisotopic (exact) mass is 869 g/mol. The molecular formula is C50H55N5O7S. The summed E-state index contributed by atoms with van der Waals surface area (Å²) >= 11 is 4.44. The molecule has 8 rings (SSSR count). The molecule has 0 spiro atoms. The molecule has 0 radical (unpaired) electrons. The second-order valence-corrected chi connectivity index (χ2v) is 16.5. The highest BCUT2D eigenvalue weighted by Crippen LogP contribution is 2.41. The minimum Gasteiger partial charge on any atom is -0.493 e. The Morgan fingerprint density at radius 3 is 2.14 bits per heavy atom. The van der Waals surface area contributed by atoms with Gasteiger partial charge in [-0.25, -0.2) is 0 Å². The first-order valence-electron chi connectivity index (χ1n) is 21.4. The molecule has 3 aliphatic rings. The molecule has 5 aromatic rings. The van der Waals surface area contributed by atoms with Crippen LogP contribution >= 0.6 is 12.6 Å².